The Morgan fingerprint density at radius 1 is 1.22 bits per heavy atom. The molecule has 2 aromatic carbocycles. The van der Waals surface area contributed by atoms with Gasteiger partial charge < -0.3 is 24.0 Å². The summed E-state index contributed by atoms with van der Waals surface area (Å²) in [4.78, 5) is 24.6. The van der Waals surface area contributed by atoms with Crippen molar-refractivity contribution in [2.24, 2.45) is 7.05 Å². The topological polar surface area (TPSA) is 98.0 Å². The summed E-state index contributed by atoms with van der Waals surface area (Å²) in [6.45, 7) is 1.92. The number of anilines is 2. The number of aromatic amines is 1. The summed E-state index contributed by atoms with van der Waals surface area (Å²) < 4.78 is 12.4. The second-order valence-corrected chi connectivity index (χ2v) is 8.08. The minimum Gasteiger partial charge on any atom is -0.497 e. The number of H-pyrrole nitrogens is 1. The number of fused-ring (bicyclic) bond motifs is 3. The monoisotopic (exact) mass is 469 g/mol. The zero-order valence-corrected chi connectivity index (χ0v) is 18.8. The molecule has 0 aliphatic heterocycles. The second-order valence-electron chi connectivity index (χ2n) is 7.26. The fourth-order valence-electron chi connectivity index (χ4n) is 3.85. The van der Waals surface area contributed by atoms with Crippen molar-refractivity contribution in [3.05, 3.63) is 62.8 Å². The number of benzene rings is 2. The van der Waals surface area contributed by atoms with Crippen molar-refractivity contribution in [1.29, 1.82) is 0 Å². The van der Waals surface area contributed by atoms with Crippen LogP contribution >= 0.6 is 23.2 Å². The largest absolute Gasteiger partial charge is 0.497 e. The Morgan fingerprint density at radius 2 is 1.97 bits per heavy atom. The number of imidazole rings is 1. The maximum atomic E-state index is 13.1. The van der Waals surface area contributed by atoms with Gasteiger partial charge in [0.25, 0.3) is 5.56 Å². The lowest BCUT2D eigenvalue weighted by molar-refractivity contribution is 0.415. The average molecular weight is 470 g/mol. The van der Waals surface area contributed by atoms with Crippen LogP contribution in [0.1, 0.15) is 5.56 Å². The van der Waals surface area contributed by atoms with E-state index in [-0.39, 0.29) is 5.56 Å². The third kappa shape index (κ3) is 3.11. The van der Waals surface area contributed by atoms with Crippen LogP contribution in [0.4, 0.5) is 11.6 Å². The molecule has 0 radical (unpaired) electrons. The molecule has 10 heteroatoms. The van der Waals surface area contributed by atoms with E-state index in [1.165, 1.54) is 6.39 Å². The van der Waals surface area contributed by atoms with Crippen LogP contribution in [0.2, 0.25) is 10.0 Å². The molecule has 0 saturated carbocycles. The minimum atomic E-state index is -0.252. The molecular weight excluding hydrogens is 453 g/mol. The number of oxazole rings is 1. The number of ether oxygens (including phenoxy) is 1. The van der Waals surface area contributed by atoms with E-state index in [1.807, 2.05) is 26.1 Å². The molecule has 0 aliphatic rings. The Hall–Kier alpha value is -3.49. The predicted octanol–water partition coefficient (Wildman–Crippen LogP) is 5.44. The van der Waals surface area contributed by atoms with Gasteiger partial charge in [-0.15, -0.1) is 0 Å². The summed E-state index contributed by atoms with van der Waals surface area (Å²) in [5, 5.41) is 5.27. The van der Waals surface area contributed by atoms with Crippen LogP contribution in [0.25, 0.3) is 33.3 Å². The number of pyridine rings is 1. The van der Waals surface area contributed by atoms with Crippen molar-refractivity contribution in [2.75, 3.05) is 12.4 Å². The number of halogens is 2. The van der Waals surface area contributed by atoms with Crippen LogP contribution in [0.15, 0.2) is 46.1 Å². The summed E-state index contributed by atoms with van der Waals surface area (Å²) in [6, 6.07) is 7.07. The van der Waals surface area contributed by atoms with E-state index in [0.29, 0.717) is 55.3 Å². The maximum Gasteiger partial charge on any atom is 0.258 e. The van der Waals surface area contributed by atoms with Crippen LogP contribution in [0.5, 0.6) is 5.75 Å². The van der Waals surface area contributed by atoms with Crippen LogP contribution in [-0.4, -0.2) is 26.6 Å². The van der Waals surface area contributed by atoms with E-state index in [4.69, 9.17) is 32.4 Å². The standard InChI is InChI=1S/C22H17Cl2N5O3/c1-10-12-4-5-15-20(17(12)21(30)27-18(10)16-8-25-9-32-16)29(2)22(26-15)28-19-13(23)6-11(31-3)7-14(19)24/h4-9H,1-3H3,(H,26,28)(H,27,30). The number of rotatable bonds is 4. The molecule has 162 valence electrons. The molecule has 0 amide bonds. The lowest BCUT2D eigenvalue weighted by Gasteiger charge is -2.12. The zero-order chi connectivity index (χ0) is 22.6. The summed E-state index contributed by atoms with van der Waals surface area (Å²) in [5.41, 5.74) is 3.04. The van der Waals surface area contributed by atoms with Gasteiger partial charge in [-0.3, -0.25) is 4.79 Å². The van der Waals surface area contributed by atoms with E-state index in [1.54, 1.807) is 30.0 Å². The van der Waals surface area contributed by atoms with Crippen LogP contribution in [-0.2, 0) is 7.05 Å². The summed E-state index contributed by atoms with van der Waals surface area (Å²) >= 11 is 12.8. The zero-order valence-electron chi connectivity index (χ0n) is 17.3. The third-order valence-electron chi connectivity index (χ3n) is 5.45. The van der Waals surface area contributed by atoms with Crippen molar-refractivity contribution < 1.29 is 9.15 Å². The molecule has 0 aliphatic carbocycles. The van der Waals surface area contributed by atoms with Crippen LogP contribution in [0, 0.1) is 6.92 Å². The maximum absolute atomic E-state index is 13.1. The summed E-state index contributed by atoms with van der Waals surface area (Å²) in [7, 11) is 3.36. The minimum absolute atomic E-state index is 0.252. The molecule has 3 aromatic heterocycles. The molecule has 0 atom stereocenters. The predicted molar refractivity (Wildman–Crippen MR) is 125 cm³/mol. The molecule has 0 saturated heterocycles. The van der Waals surface area contributed by atoms with Gasteiger partial charge in [0.05, 0.1) is 51.2 Å². The molecular formula is C22H17Cl2N5O3. The molecule has 5 rings (SSSR count). The van der Waals surface area contributed by atoms with E-state index in [0.717, 1.165) is 10.9 Å². The van der Waals surface area contributed by atoms with Crippen molar-refractivity contribution in [3.8, 4) is 17.2 Å². The van der Waals surface area contributed by atoms with Crippen molar-refractivity contribution in [2.45, 2.75) is 6.92 Å². The fraction of sp³-hybridized carbons (Fsp3) is 0.136. The number of hydrogen-bond donors (Lipinski definition) is 2. The summed E-state index contributed by atoms with van der Waals surface area (Å²) in [6.07, 6.45) is 2.89. The molecule has 0 unspecified atom stereocenters. The molecule has 0 spiro atoms. The van der Waals surface area contributed by atoms with Gasteiger partial charge in [0, 0.05) is 19.2 Å². The highest BCUT2D eigenvalue weighted by Gasteiger charge is 2.19. The number of nitrogens with one attached hydrogen (secondary N) is 2. The first kappa shape index (κ1) is 20.4. The van der Waals surface area contributed by atoms with Gasteiger partial charge in [-0.2, -0.15) is 0 Å². The highest BCUT2D eigenvalue weighted by molar-refractivity contribution is 6.39. The van der Waals surface area contributed by atoms with E-state index in [2.05, 4.69) is 20.3 Å². The first-order chi connectivity index (χ1) is 15.4. The van der Waals surface area contributed by atoms with E-state index in [9.17, 15) is 4.79 Å². The van der Waals surface area contributed by atoms with Gasteiger partial charge in [0.1, 0.15) is 5.75 Å². The lowest BCUT2D eigenvalue weighted by Crippen LogP contribution is -2.11. The third-order valence-corrected chi connectivity index (χ3v) is 6.04. The number of nitrogens with zero attached hydrogens (tertiary/aromatic N) is 3. The molecule has 0 fully saturated rings. The van der Waals surface area contributed by atoms with Gasteiger partial charge in [-0.05, 0) is 23.9 Å². The van der Waals surface area contributed by atoms with Crippen molar-refractivity contribution in [3.63, 3.8) is 0 Å². The van der Waals surface area contributed by atoms with Crippen molar-refractivity contribution >= 4 is 56.6 Å². The fourth-order valence-corrected chi connectivity index (χ4v) is 4.41. The number of methoxy groups -OCH3 is 1. The highest BCUT2D eigenvalue weighted by atomic mass is 35.5. The quantitative estimate of drug-likeness (QED) is 0.363. The van der Waals surface area contributed by atoms with E-state index >= 15 is 0 Å². The lowest BCUT2D eigenvalue weighted by atomic mass is 10.0. The van der Waals surface area contributed by atoms with Gasteiger partial charge >= 0.3 is 0 Å². The number of aryl methyl sites for hydroxylation is 2. The Labute approximate surface area is 191 Å². The molecule has 32 heavy (non-hydrogen) atoms. The molecule has 3 heterocycles. The van der Waals surface area contributed by atoms with E-state index < -0.39 is 0 Å². The smallest absolute Gasteiger partial charge is 0.258 e. The van der Waals surface area contributed by atoms with Crippen molar-refractivity contribution in [1.82, 2.24) is 19.5 Å². The normalized spacial score (nSPS) is 11.4. The van der Waals surface area contributed by atoms with Crippen LogP contribution < -0.4 is 15.6 Å². The van der Waals surface area contributed by atoms with Gasteiger partial charge in [0.2, 0.25) is 5.95 Å². The Morgan fingerprint density at radius 3 is 2.62 bits per heavy atom. The average Bonchev–Trinajstić information content (AvgIpc) is 3.41. The molecule has 5 aromatic rings. The molecule has 2 N–H and O–H groups in total. The Bertz CT molecular complexity index is 1530. The van der Waals surface area contributed by atoms with Gasteiger partial charge in [-0.25, -0.2) is 9.97 Å². The Balaban J connectivity index is 1.70. The second kappa shape index (κ2) is 7.58. The summed E-state index contributed by atoms with van der Waals surface area (Å²) in [5.74, 6) is 1.53. The molecule has 8 nitrogen and oxygen atoms in total. The van der Waals surface area contributed by atoms with Gasteiger partial charge in [-0.1, -0.05) is 29.3 Å². The number of hydrogen-bond acceptors (Lipinski definition) is 6. The SMILES string of the molecule is COc1cc(Cl)c(Nc2nc3ccc4c(C)c(-c5cnco5)[nH]c(=O)c4c3n2C)c(Cl)c1. The van der Waals surface area contributed by atoms with Gasteiger partial charge in [0.15, 0.2) is 12.2 Å². The first-order valence-electron chi connectivity index (χ1n) is 9.60. The Kier molecular flexibility index (Phi) is 4.83. The highest BCUT2D eigenvalue weighted by Crippen LogP contribution is 2.37. The number of aromatic nitrogens is 4. The molecule has 0 bridgehead atoms. The van der Waals surface area contributed by atoms with Crippen LogP contribution in [0.3, 0.4) is 0 Å². The first-order valence-corrected chi connectivity index (χ1v) is 10.4.